The number of hydrogen-bond acceptors (Lipinski definition) is 4. The van der Waals surface area contributed by atoms with Crippen molar-refractivity contribution in [2.45, 2.75) is 64.2 Å². The number of carbonyl (C=O) groups excluding carboxylic acids is 1. The summed E-state index contributed by atoms with van der Waals surface area (Å²) in [7, 11) is 0. The first-order chi connectivity index (χ1) is 14.3. The molecular formula is C25H40N2O2. The molecule has 29 heavy (non-hydrogen) atoms. The van der Waals surface area contributed by atoms with Crippen LogP contribution >= 0.6 is 0 Å². The Hall–Kier alpha value is -1.39. The number of likely N-dealkylation sites (tertiary alicyclic amines) is 2. The third-order valence-electron chi connectivity index (χ3n) is 6.52. The lowest BCUT2D eigenvalue weighted by Gasteiger charge is -2.31. The fourth-order valence-corrected chi connectivity index (χ4v) is 4.67. The number of para-hydroxylation sites is 1. The highest BCUT2D eigenvalue weighted by Gasteiger charge is 2.24. The molecule has 2 heterocycles. The zero-order chi connectivity index (χ0) is 20.2. The average Bonchev–Trinajstić information content (AvgIpc) is 2.78. The van der Waals surface area contributed by atoms with Crippen molar-refractivity contribution in [3.05, 3.63) is 30.3 Å². The van der Waals surface area contributed by atoms with Gasteiger partial charge in [0.05, 0.1) is 6.61 Å². The molecule has 1 aromatic carbocycles. The number of rotatable bonds is 12. The Kier molecular flexibility index (Phi) is 10.0. The molecule has 2 saturated heterocycles. The number of ketones is 1. The van der Waals surface area contributed by atoms with E-state index in [2.05, 4.69) is 9.80 Å². The first-order valence-corrected chi connectivity index (χ1v) is 12.0. The summed E-state index contributed by atoms with van der Waals surface area (Å²) in [6.07, 6.45) is 11.7. The Morgan fingerprint density at radius 2 is 1.52 bits per heavy atom. The molecule has 3 rings (SSSR count). The lowest BCUT2D eigenvalue weighted by Crippen LogP contribution is -2.37. The van der Waals surface area contributed by atoms with Crippen LogP contribution in [0.15, 0.2) is 30.3 Å². The van der Waals surface area contributed by atoms with Crippen molar-refractivity contribution in [3.8, 4) is 5.75 Å². The molecular weight excluding hydrogens is 360 g/mol. The highest BCUT2D eigenvalue weighted by molar-refractivity contribution is 5.81. The van der Waals surface area contributed by atoms with Crippen LogP contribution in [0.3, 0.4) is 0 Å². The second-order valence-electron chi connectivity index (χ2n) is 8.81. The van der Waals surface area contributed by atoms with Gasteiger partial charge < -0.3 is 14.5 Å². The van der Waals surface area contributed by atoms with Crippen molar-refractivity contribution in [2.75, 3.05) is 45.9 Å². The van der Waals surface area contributed by atoms with E-state index >= 15 is 0 Å². The van der Waals surface area contributed by atoms with E-state index in [-0.39, 0.29) is 0 Å². The van der Waals surface area contributed by atoms with E-state index in [0.717, 1.165) is 64.1 Å². The van der Waals surface area contributed by atoms with Crippen LogP contribution in [0.5, 0.6) is 5.75 Å². The van der Waals surface area contributed by atoms with Crippen LogP contribution in [-0.4, -0.2) is 61.5 Å². The average molecular weight is 401 g/mol. The Morgan fingerprint density at radius 3 is 2.28 bits per heavy atom. The molecule has 4 heteroatoms. The molecule has 0 saturated carbocycles. The monoisotopic (exact) mass is 400 g/mol. The Morgan fingerprint density at radius 1 is 0.828 bits per heavy atom. The summed E-state index contributed by atoms with van der Waals surface area (Å²) in [5.41, 5.74) is 0. The summed E-state index contributed by atoms with van der Waals surface area (Å²) in [5, 5.41) is 0. The van der Waals surface area contributed by atoms with Gasteiger partial charge in [-0.15, -0.1) is 0 Å². The molecule has 0 aliphatic carbocycles. The minimum atomic E-state index is 0.314. The summed E-state index contributed by atoms with van der Waals surface area (Å²) in [6, 6.07) is 10.0. The number of ether oxygens (including phenoxy) is 1. The number of hydrogen-bond donors (Lipinski definition) is 0. The molecule has 0 amide bonds. The third kappa shape index (κ3) is 8.47. The van der Waals surface area contributed by atoms with Crippen molar-refractivity contribution in [3.63, 3.8) is 0 Å². The summed E-state index contributed by atoms with van der Waals surface area (Å²) in [6.45, 7) is 7.78. The van der Waals surface area contributed by atoms with Gasteiger partial charge in [-0.2, -0.15) is 0 Å². The van der Waals surface area contributed by atoms with Gasteiger partial charge in [-0.1, -0.05) is 31.0 Å². The topological polar surface area (TPSA) is 32.8 Å². The van der Waals surface area contributed by atoms with E-state index in [4.69, 9.17) is 4.74 Å². The molecule has 0 atom stereocenters. The first kappa shape index (κ1) is 22.3. The number of carbonyl (C=O) groups is 1. The molecule has 1 aromatic rings. The van der Waals surface area contributed by atoms with Gasteiger partial charge in [0, 0.05) is 18.9 Å². The smallest absolute Gasteiger partial charge is 0.136 e. The van der Waals surface area contributed by atoms with E-state index in [1.807, 2.05) is 30.3 Å². The molecule has 0 unspecified atom stereocenters. The third-order valence-corrected chi connectivity index (χ3v) is 6.52. The van der Waals surface area contributed by atoms with E-state index < -0.39 is 0 Å². The number of piperidine rings is 2. The SMILES string of the molecule is O=C(CCCCCN1CCCCC1)C1CCN(CCCOc2ccccc2)CC1. The van der Waals surface area contributed by atoms with Gasteiger partial charge in [0.2, 0.25) is 0 Å². The lowest BCUT2D eigenvalue weighted by molar-refractivity contribution is -0.124. The van der Waals surface area contributed by atoms with Crippen molar-refractivity contribution < 1.29 is 9.53 Å². The van der Waals surface area contributed by atoms with E-state index in [9.17, 15) is 4.79 Å². The van der Waals surface area contributed by atoms with E-state index in [1.54, 1.807) is 0 Å². The van der Waals surface area contributed by atoms with E-state index in [1.165, 1.54) is 51.7 Å². The maximum atomic E-state index is 12.5. The number of benzene rings is 1. The van der Waals surface area contributed by atoms with E-state index in [0.29, 0.717) is 11.7 Å². The first-order valence-electron chi connectivity index (χ1n) is 12.0. The molecule has 0 bridgehead atoms. The Balaban J connectivity index is 1.18. The normalized spacial score (nSPS) is 19.3. The van der Waals surface area contributed by atoms with Crippen molar-refractivity contribution >= 4 is 5.78 Å². The van der Waals surface area contributed by atoms with Crippen LogP contribution in [0.1, 0.15) is 64.2 Å². The Bertz CT molecular complexity index is 563. The summed E-state index contributed by atoms with van der Waals surface area (Å²) >= 11 is 0. The maximum absolute atomic E-state index is 12.5. The minimum Gasteiger partial charge on any atom is -0.494 e. The molecule has 0 N–H and O–H groups in total. The summed E-state index contributed by atoms with van der Waals surface area (Å²) < 4.78 is 5.78. The molecule has 2 fully saturated rings. The van der Waals surface area contributed by atoms with Gasteiger partial charge in [0.15, 0.2) is 0 Å². The van der Waals surface area contributed by atoms with Gasteiger partial charge in [-0.25, -0.2) is 0 Å². The number of nitrogens with zero attached hydrogens (tertiary/aromatic N) is 2. The largest absolute Gasteiger partial charge is 0.494 e. The lowest BCUT2D eigenvalue weighted by atomic mass is 9.90. The molecule has 0 aromatic heterocycles. The van der Waals surface area contributed by atoms with Crippen molar-refractivity contribution in [2.24, 2.45) is 5.92 Å². The van der Waals surface area contributed by atoms with Gasteiger partial charge >= 0.3 is 0 Å². The second kappa shape index (κ2) is 13.0. The predicted octanol–water partition coefficient (Wildman–Crippen LogP) is 4.78. The Labute approximate surface area is 177 Å². The van der Waals surface area contributed by atoms with Crippen LogP contribution in [-0.2, 0) is 4.79 Å². The zero-order valence-corrected chi connectivity index (χ0v) is 18.2. The molecule has 0 radical (unpaired) electrons. The van der Waals surface area contributed by atoms with Gasteiger partial charge in [-0.05, 0) is 89.8 Å². The summed E-state index contributed by atoms with van der Waals surface area (Å²) in [4.78, 5) is 17.6. The van der Waals surface area contributed by atoms with Gasteiger partial charge in [-0.3, -0.25) is 4.79 Å². The second-order valence-corrected chi connectivity index (χ2v) is 8.81. The van der Waals surface area contributed by atoms with Crippen LogP contribution in [0.25, 0.3) is 0 Å². The fraction of sp³-hybridized carbons (Fsp3) is 0.720. The number of unbranched alkanes of at least 4 members (excludes halogenated alkanes) is 2. The van der Waals surface area contributed by atoms with Crippen LogP contribution in [0.4, 0.5) is 0 Å². The quantitative estimate of drug-likeness (QED) is 0.473. The fourth-order valence-electron chi connectivity index (χ4n) is 4.67. The van der Waals surface area contributed by atoms with Crippen LogP contribution < -0.4 is 4.74 Å². The van der Waals surface area contributed by atoms with Gasteiger partial charge in [0.1, 0.15) is 11.5 Å². The molecule has 2 aliphatic rings. The van der Waals surface area contributed by atoms with Crippen LogP contribution in [0, 0.1) is 5.92 Å². The molecule has 162 valence electrons. The van der Waals surface area contributed by atoms with Crippen molar-refractivity contribution in [1.82, 2.24) is 9.80 Å². The minimum absolute atomic E-state index is 0.314. The highest BCUT2D eigenvalue weighted by atomic mass is 16.5. The predicted molar refractivity (Wildman–Crippen MR) is 119 cm³/mol. The van der Waals surface area contributed by atoms with Crippen LogP contribution in [0.2, 0.25) is 0 Å². The highest BCUT2D eigenvalue weighted by Crippen LogP contribution is 2.21. The number of Topliss-reactive ketones (excluding diaryl/α,β-unsaturated/α-hetero) is 1. The van der Waals surface area contributed by atoms with Crippen molar-refractivity contribution in [1.29, 1.82) is 0 Å². The summed E-state index contributed by atoms with van der Waals surface area (Å²) in [5.74, 6) is 1.79. The molecule has 4 nitrogen and oxygen atoms in total. The standard InChI is InChI=1S/C25H40N2O2/c28-25(13-6-2-7-16-26-17-8-3-9-18-26)23-14-20-27(21-15-23)19-10-22-29-24-11-4-1-5-12-24/h1,4-5,11-12,23H,2-3,6-10,13-22H2. The maximum Gasteiger partial charge on any atom is 0.136 e. The molecule has 2 aliphatic heterocycles. The molecule has 0 spiro atoms. The van der Waals surface area contributed by atoms with Gasteiger partial charge in [0.25, 0.3) is 0 Å². The zero-order valence-electron chi connectivity index (χ0n) is 18.2.